The van der Waals surface area contributed by atoms with E-state index >= 15 is 0 Å². The summed E-state index contributed by atoms with van der Waals surface area (Å²) in [5, 5.41) is 68.4. The normalized spacial score (nSPS) is 9.04. The van der Waals surface area contributed by atoms with Crippen LogP contribution in [0, 0.1) is 0 Å². The van der Waals surface area contributed by atoms with Crippen LogP contribution in [0.3, 0.4) is 0 Å². The zero-order chi connectivity index (χ0) is 38.6. The lowest BCUT2D eigenvalue weighted by molar-refractivity contribution is 0.0651. The van der Waals surface area contributed by atoms with Crippen molar-refractivity contribution in [1.29, 1.82) is 0 Å². The molecule has 8 N–H and O–H groups in total. The first-order chi connectivity index (χ1) is 23.5. The SMILES string of the molecule is C=C.O=C(O)c1ccccc1C(=O)O.O=C(O)c1ccccc1C(=O)O.O=C(O)c1ccccc1C(=O)O.O=C(O)c1ccccc1C(=O)O. The van der Waals surface area contributed by atoms with E-state index in [0.29, 0.717) is 0 Å². The monoisotopic (exact) mass is 692 g/mol. The molecular formula is C34H28O16. The quantitative estimate of drug-likeness (QED) is 0.111. The third-order valence-electron chi connectivity index (χ3n) is 5.55. The van der Waals surface area contributed by atoms with Crippen LogP contribution in [-0.2, 0) is 0 Å². The average Bonchev–Trinajstić information content (AvgIpc) is 3.09. The minimum atomic E-state index is -1.23. The van der Waals surface area contributed by atoms with Crippen LogP contribution in [0.25, 0.3) is 0 Å². The second-order valence-corrected chi connectivity index (χ2v) is 8.62. The van der Waals surface area contributed by atoms with Crippen molar-refractivity contribution in [3.63, 3.8) is 0 Å². The molecular weight excluding hydrogens is 664 g/mol. The molecule has 0 amide bonds. The van der Waals surface area contributed by atoms with E-state index in [-0.39, 0.29) is 44.5 Å². The third-order valence-corrected chi connectivity index (χ3v) is 5.55. The van der Waals surface area contributed by atoms with Gasteiger partial charge in [-0.1, -0.05) is 48.5 Å². The largest absolute Gasteiger partial charge is 0.478 e. The Bertz CT molecular complexity index is 1470. The van der Waals surface area contributed by atoms with E-state index in [1.807, 2.05) is 0 Å². The van der Waals surface area contributed by atoms with Crippen molar-refractivity contribution < 1.29 is 79.2 Å². The zero-order valence-electron chi connectivity index (χ0n) is 25.5. The summed E-state index contributed by atoms with van der Waals surface area (Å²) < 4.78 is 0. The molecule has 0 aliphatic carbocycles. The molecule has 260 valence electrons. The predicted octanol–water partition coefficient (Wildman–Crippen LogP) is 5.13. The smallest absolute Gasteiger partial charge is 0.336 e. The Hall–Kier alpha value is -7.62. The topological polar surface area (TPSA) is 298 Å². The summed E-state index contributed by atoms with van der Waals surface area (Å²) in [7, 11) is 0. The van der Waals surface area contributed by atoms with E-state index in [2.05, 4.69) is 13.2 Å². The minimum absolute atomic E-state index is 0.190. The summed E-state index contributed by atoms with van der Waals surface area (Å²) in [6, 6.07) is 21.9. The number of carboxylic acids is 8. The minimum Gasteiger partial charge on any atom is -0.478 e. The van der Waals surface area contributed by atoms with Crippen molar-refractivity contribution in [2.75, 3.05) is 0 Å². The zero-order valence-corrected chi connectivity index (χ0v) is 25.5. The van der Waals surface area contributed by atoms with Gasteiger partial charge in [-0.15, -0.1) is 13.2 Å². The van der Waals surface area contributed by atoms with Crippen LogP contribution < -0.4 is 0 Å². The lowest BCUT2D eigenvalue weighted by Crippen LogP contribution is -2.06. The molecule has 0 heterocycles. The van der Waals surface area contributed by atoms with Gasteiger partial charge in [0.2, 0.25) is 0 Å². The molecule has 0 bridgehead atoms. The van der Waals surface area contributed by atoms with Gasteiger partial charge < -0.3 is 40.9 Å². The molecule has 0 unspecified atom stereocenters. The van der Waals surface area contributed by atoms with Gasteiger partial charge in [0.05, 0.1) is 44.5 Å². The molecule has 4 aromatic rings. The fraction of sp³-hybridized carbons (Fsp3) is 0. The number of hydrogen-bond acceptors (Lipinski definition) is 8. The number of carboxylic acid groups (broad SMARTS) is 8. The van der Waals surface area contributed by atoms with E-state index in [1.165, 1.54) is 97.1 Å². The summed E-state index contributed by atoms with van der Waals surface area (Å²) in [6.07, 6.45) is 0. The Morgan fingerprint density at radius 1 is 0.260 bits per heavy atom. The maximum atomic E-state index is 10.5. The van der Waals surface area contributed by atoms with Crippen molar-refractivity contribution in [2.45, 2.75) is 0 Å². The van der Waals surface area contributed by atoms with Gasteiger partial charge in [-0.2, -0.15) is 0 Å². The molecule has 16 nitrogen and oxygen atoms in total. The van der Waals surface area contributed by atoms with E-state index in [1.54, 1.807) is 0 Å². The standard InChI is InChI=1S/4C8H6O4.C2H4/c4*9-7(10)5-3-1-2-4-6(5)8(11)12;1-2/h4*1-4H,(H,9,10)(H,11,12);1-2H2. The molecule has 0 aromatic heterocycles. The molecule has 0 atom stereocenters. The van der Waals surface area contributed by atoms with Crippen LogP contribution in [0.2, 0.25) is 0 Å². The van der Waals surface area contributed by atoms with Crippen molar-refractivity contribution in [1.82, 2.24) is 0 Å². The molecule has 0 aliphatic rings. The summed E-state index contributed by atoms with van der Waals surface area (Å²) in [6.45, 7) is 6.00. The van der Waals surface area contributed by atoms with Crippen LogP contribution in [0.4, 0.5) is 0 Å². The number of benzene rings is 4. The van der Waals surface area contributed by atoms with Gasteiger partial charge in [0.15, 0.2) is 0 Å². The molecule has 0 aliphatic heterocycles. The molecule has 0 spiro atoms. The molecule has 0 radical (unpaired) electrons. The fourth-order valence-electron chi connectivity index (χ4n) is 3.42. The molecule has 4 rings (SSSR count). The first-order valence-electron chi connectivity index (χ1n) is 13.2. The van der Waals surface area contributed by atoms with E-state index in [9.17, 15) is 38.4 Å². The van der Waals surface area contributed by atoms with Gasteiger partial charge >= 0.3 is 47.8 Å². The molecule has 50 heavy (non-hydrogen) atoms. The van der Waals surface area contributed by atoms with Crippen LogP contribution in [0.1, 0.15) is 82.9 Å². The average molecular weight is 693 g/mol. The molecule has 0 saturated carbocycles. The lowest BCUT2D eigenvalue weighted by atomic mass is 10.1. The highest BCUT2D eigenvalue weighted by Gasteiger charge is 2.16. The van der Waals surface area contributed by atoms with Gasteiger partial charge in [-0.05, 0) is 48.5 Å². The van der Waals surface area contributed by atoms with Crippen LogP contribution in [0.5, 0.6) is 0 Å². The maximum Gasteiger partial charge on any atom is 0.336 e. The second-order valence-electron chi connectivity index (χ2n) is 8.62. The van der Waals surface area contributed by atoms with Gasteiger partial charge in [0.1, 0.15) is 0 Å². The fourth-order valence-corrected chi connectivity index (χ4v) is 3.42. The predicted molar refractivity (Wildman–Crippen MR) is 173 cm³/mol. The van der Waals surface area contributed by atoms with Gasteiger partial charge in [0, 0.05) is 0 Å². The van der Waals surface area contributed by atoms with Crippen molar-refractivity contribution >= 4 is 47.8 Å². The van der Waals surface area contributed by atoms with Crippen LogP contribution >= 0.6 is 0 Å². The highest BCUT2D eigenvalue weighted by molar-refractivity contribution is 6.03. The Morgan fingerprint density at radius 3 is 0.400 bits per heavy atom. The Balaban J connectivity index is 0.000000629. The highest BCUT2D eigenvalue weighted by Crippen LogP contribution is 2.10. The summed E-state index contributed by atoms with van der Waals surface area (Å²) in [5.74, 6) is -9.83. The van der Waals surface area contributed by atoms with Gasteiger partial charge in [-0.25, -0.2) is 38.4 Å². The highest BCUT2D eigenvalue weighted by atomic mass is 16.4. The molecule has 4 aromatic carbocycles. The summed E-state index contributed by atoms with van der Waals surface area (Å²) in [4.78, 5) is 83.7. The summed E-state index contributed by atoms with van der Waals surface area (Å²) >= 11 is 0. The first kappa shape index (κ1) is 42.4. The number of carbonyl (C=O) groups is 8. The molecule has 0 fully saturated rings. The van der Waals surface area contributed by atoms with Gasteiger partial charge in [-0.3, -0.25) is 0 Å². The third kappa shape index (κ3) is 13.4. The second kappa shape index (κ2) is 21.2. The van der Waals surface area contributed by atoms with Crippen molar-refractivity contribution in [2.24, 2.45) is 0 Å². The van der Waals surface area contributed by atoms with Crippen LogP contribution in [-0.4, -0.2) is 88.6 Å². The van der Waals surface area contributed by atoms with E-state index < -0.39 is 47.8 Å². The van der Waals surface area contributed by atoms with Crippen LogP contribution in [0.15, 0.2) is 110 Å². The Kier molecular flexibility index (Phi) is 18.0. The van der Waals surface area contributed by atoms with Crippen molar-refractivity contribution in [3.05, 3.63) is 155 Å². The number of aromatic carboxylic acids is 8. The first-order valence-corrected chi connectivity index (χ1v) is 13.2. The molecule has 0 saturated heterocycles. The summed E-state index contributed by atoms with van der Waals surface area (Å²) in [5.41, 5.74) is -1.52. The van der Waals surface area contributed by atoms with Crippen molar-refractivity contribution in [3.8, 4) is 0 Å². The van der Waals surface area contributed by atoms with E-state index in [4.69, 9.17) is 40.9 Å². The molecule has 16 heteroatoms. The van der Waals surface area contributed by atoms with Gasteiger partial charge in [0.25, 0.3) is 0 Å². The number of rotatable bonds is 8. The lowest BCUT2D eigenvalue weighted by Gasteiger charge is -1.98. The van der Waals surface area contributed by atoms with E-state index in [0.717, 1.165) is 0 Å². The Labute approximate surface area is 281 Å². The Morgan fingerprint density at radius 2 is 0.340 bits per heavy atom. The maximum absolute atomic E-state index is 10.5. The number of hydrogen-bond donors (Lipinski definition) is 8.